The van der Waals surface area contributed by atoms with Crippen LogP contribution in [-0.2, 0) is 9.84 Å². The van der Waals surface area contributed by atoms with Gasteiger partial charge in [0.25, 0.3) is 0 Å². The third-order valence-corrected chi connectivity index (χ3v) is 8.26. The van der Waals surface area contributed by atoms with Gasteiger partial charge in [0.1, 0.15) is 12.1 Å². The van der Waals surface area contributed by atoms with Crippen LogP contribution in [-0.4, -0.2) is 101 Å². The van der Waals surface area contributed by atoms with E-state index in [4.69, 9.17) is 9.47 Å². The molecule has 0 unspecified atom stereocenters. The number of amides is 2. The van der Waals surface area contributed by atoms with E-state index in [1.807, 2.05) is 12.1 Å². The van der Waals surface area contributed by atoms with Gasteiger partial charge in [0.2, 0.25) is 0 Å². The zero-order valence-corrected chi connectivity index (χ0v) is 25.1. The Hall–Kier alpha value is -3.64. The standard InChI is InChI=1S/C29H40N6O5S/c1-5-6-12-33(2)13-7-18-40-27-20-25-24(19-26(27)39-3)28(31-21-30-25)34-14-16-35(17-15-34)29(36)32-22-8-10-23(11-9-22)41(4,37)38/h8-11,19-21H,5-7,12-18H2,1-4H3,(H,32,36). The number of nitrogens with zero attached hydrogens (tertiary/aromatic N) is 5. The highest BCUT2D eigenvalue weighted by Crippen LogP contribution is 2.35. The number of rotatable bonds is 12. The molecule has 1 aliphatic rings. The molecule has 0 bridgehead atoms. The van der Waals surface area contributed by atoms with Gasteiger partial charge in [-0.1, -0.05) is 13.3 Å². The van der Waals surface area contributed by atoms with Gasteiger partial charge < -0.3 is 29.5 Å². The van der Waals surface area contributed by atoms with Crippen molar-refractivity contribution >= 4 is 38.3 Å². The number of aromatic nitrogens is 2. The number of nitrogens with one attached hydrogen (secondary N) is 1. The zero-order chi connectivity index (χ0) is 29.4. The molecular formula is C29H40N6O5S. The summed E-state index contributed by atoms with van der Waals surface area (Å²) in [6, 6.07) is 9.75. The van der Waals surface area contributed by atoms with Crippen molar-refractivity contribution in [3.05, 3.63) is 42.7 Å². The second-order valence-corrected chi connectivity index (χ2v) is 12.3. The lowest BCUT2D eigenvalue weighted by Gasteiger charge is -2.35. The smallest absolute Gasteiger partial charge is 0.321 e. The Labute approximate surface area is 242 Å². The summed E-state index contributed by atoms with van der Waals surface area (Å²) in [7, 11) is 0.474. The van der Waals surface area contributed by atoms with Crippen molar-refractivity contribution in [2.24, 2.45) is 0 Å². The van der Waals surface area contributed by atoms with E-state index in [-0.39, 0.29) is 10.9 Å². The zero-order valence-electron chi connectivity index (χ0n) is 24.3. The van der Waals surface area contributed by atoms with Gasteiger partial charge in [0.15, 0.2) is 21.3 Å². The predicted octanol–water partition coefficient (Wildman–Crippen LogP) is 3.90. The number of methoxy groups -OCH3 is 1. The van der Waals surface area contributed by atoms with Crippen LogP contribution in [0.2, 0.25) is 0 Å². The number of hydrogen-bond donors (Lipinski definition) is 1. The molecule has 0 saturated carbocycles. The van der Waals surface area contributed by atoms with Crippen LogP contribution in [0.25, 0.3) is 10.9 Å². The molecule has 12 heteroatoms. The summed E-state index contributed by atoms with van der Waals surface area (Å²) in [5.74, 6) is 2.08. The number of urea groups is 1. The molecule has 0 spiro atoms. The van der Waals surface area contributed by atoms with Crippen LogP contribution in [0.3, 0.4) is 0 Å². The average Bonchev–Trinajstić information content (AvgIpc) is 2.97. The maximum Gasteiger partial charge on any atom is 0.321 e. The summed E-state index contributed by atoms with van der Waals surface area (Å²) in [6.07, 6.45) is 6.01. The number of piperazine rings is 1. The Morgan fingerprint density at radius 3 is 2.39 bits per heavy atom. The molecule has 2 heterocycles. The monoisotopic (exact) mass is 584 g/mol. The molecule has 11 nitrogen and oxygen atoms in total. The van der Waals surface area contributed by atoms with Gasteiger partial charge in [-0.15, -0.1) is 0 Å². The Morgan fingerprint density at radius 2 is 1.73 bits per heavy atom. The number of benzene rings is 2. The molecule has 1 aromatic heterocycles. The first kappa shape index (κ1) is 30.3. The fourth-order valence-corrected chi connectivity index (χ4v) is 5.37. The van der Waals surface area contributed by atoms with Crippen LogP contribution in [0.1, 0.15) is 26.2 Å². The number of carbonyl (C=O) groups excluding carboxylic acids is 1. The van der Waals surface area contributed by atoms with E-state index in [9.17, 15) is 13.2 Å². The van der Waals surface area contributed by atoms with Crippen molar-refractivity contribution in [1.29, 1.82) is 0 Å². The number of anilines is 2. The minimum absolute atomic E-state index is 0.210. The summed E-state index contributed by atoms with van der Waals surface area (Å²) in [6.45, 7) is 7.05. The first-order chi connectivity index (χ1) is 19.7. The first-order valence-electron chi connectivity index (χ1n) is 13.9. The van der Waals surface area contributed by atoms with Gasteiger partial charge in [0.05, 0.1) is 24.1 Å². The van der Waals surface area contributed by atoms with Crippen LogP contribution in [0.15, 0.2) is 47.6 Å². The van der Waals surface area contributed by atoms with Crippen LogP contribution in [0.5, 0.6) is 11.5 Å². The summed E-state index contributed by atoms with van der Waals surface area (Å²) < 4.78 is 35.1. The fraction of sp³-hybridized carbons (Fsp3) is 0.483. The third-order valence-electron chi connectivity index (χ3n) is 7.13. The van der Waals surface area contributed by atoms with E-state index in [0.29, 0.717) is 50.0 Å². The van der Waals surface area contributed by atoms with E-state index in [1.165, 1.54) is 25.0 Å². The van der Waals surface area contributed by atoms with E-state index < -0.39 is 9.84 Å². The maximum absolute atomic E-state index is 12.8. The third kappa shape index (κ3) is 7.98. The van der Waals surface area contributed by atoms with Crippen LogP contribution in [0.4, 0.5) is 16.3 Å². The van der Waals surface area contributed by atoms with Gasteiger partial charge in [-0.2, -0.15) is 0 Å². The van der Waals surface area contributed by atoms with Crippen LogP contribution >= 0.6 is 0 Å². The summed E-state index contributed by atoms with van der Waals surface area (Å²) in [5, 5.41) is 3.71. The number of ether oxygens (including phenoxy) is 2. The van der Waals surface area contributed by atoms with Crippen molar-refractivity contribution < 1.29 is 22.7 Å². The lowest BCUT2D eigenvalue weighted by molar-refractivity contribution is 0.208. The molecule has 222 valence electrons. The van der Waals surface area contributed by atoms with E-state index in [2.05, 4.69) is 39.1 Å². The van der Waals surface area contributed by atoms with Gasteiger partial charge >= 0.3 is 6.03 Å². The van der Waals surface area contributed by atoms with Crippen LogP contribution in [0, 0.1) is 0 Å². The number of fused-ring (bicyclic) bond motifs is 1. The molecule has 1 aliphatic heterocycles. The first-order valence-corrected chi connectivity index (χ1v) is 15.8. The number of sulfone groups is 1. The fourth-order valence-electron chi connectivity index (χ4n) is 4.74. The van der Waals surface area contributed by atoms with E-state index >= 15 is 0 Å². The van der Waals surface area contributed by atoms with E-state index in [0.717, 1.165) is 42.5 Å². The largest absolute Gasteiger partial charge is 0.493 e. The molecule has 4 rings (SSSR count). The molecular weight excluding hydrogens is 544 g/mol. The summed E-state index contributed by atoms with van der Waals surface area (Å²) in [5.41, 5.74) is 1.31. The molecule has 0 aliphatic carbocycles. The Kier molecular flexibility index (Phi) is 10.2. The average molecular weight is 585 g/mol. The highest BCUT2D eigenvalue weighted by molar-refractivity contribution is 7.90. The molecule has 1 saturated heterocycles. The maximum atomic E-state index is 12.8. The van der Waals surface area contributed by atoms with Crippen molar-refractivity contribution in [1.82, 2.24) is 19.8 Å². The molecule has 0 radical (unpaired) electrons. The molecule has 2 aromatic carbocycles. The molecule has 41 heavy (non-hydrogen) atoms. The minimum Gasteiger partial charge on any atom is -0.493 e. The number of unbranched alkanes of at least 4 members (excludes halogenated alkanes) is 1. The molecule has 0 atom stereocenters. The van der Waals surface area contributed by atoms with Crippen molar-refractivity contribution in [2.45, 2.75) is 31.1 Å². The molecule has 1 N–H and O–H groups in total. The molecule has 2 amide bonds. The van der Waals surface area contributed by atoms with Gasteiger partial charge in [-0.05, 0) is 56.8 Å². The van der Waals surface area contributed by atoms with Crippen molar-refractivity contribution in [3.8, 4) is 11.5 Å². The Morgan fingerprint density at radius 1 is 1.02 bits per heavy atom. The lowest BCUT2D eigenvalue weighted by atomic mass is 10.2. The second-order valence-electron chi connectivity index (χ2n) is 10.3. The molecule has 1 fully saturated rings. The van der Waals surface area contributed by atoms with E-state index in [1.54, 1.807) is 30.5 Å². The number of carbonyl (C=O) groups is 1. The highest BCUT2D eigenvalue weighted by atomic mass is 32.2. The summed E-state index contributed by atoms with van der Waals surface area (Å²) in [4.78, 5) is 28.3. The van der Waals surface area contributed by atoms with Crippen molar-refractivity contribution in [2.75, 3.05) is 76.5 Å². The SMILES string of the molecule is CCCCN(C)CCCOc1cc2ncnc(N3CCN(C(=O)Nc4ccc(S(C)(=O)=O)cc4)CC3)c2cc1OC. The summed E-state index contributed by atoms with van der Waals surface area (Å²) >= 11 is 0. The van der Waals surface area contributed by atoms with Crippen LogP contribution < -0.4 is 19.7 Å². The second kappa shape index (κ2) is 13.8. The number of hydrogen-bond acceptors (Lipinski definition) is 9. The van der Waals surface area contributed by atoms with Gasteiger partial charge in [-0.25, -0.2) is 23.2 Å². The topological polar surface area (TPSA) is 117 Å². The van der Waals surface area contributed by atoms with Gasteiger partial charge in [-0.3, -0.25) is 0 Å². The lowest BCUT2D eigenvalue weighted by Crippen LogP contribution is -2.50. The normalized spacial score (nSPS) is 14.0. The predicted molar refractivity (Wildman–Crippen MR) is 161 cm³/mol. The minimum atomic E-state index is -3.29. The quantitative estimate of drug-likeness (QED) is 0.316. The highest BCUT2D eigenvalue weighted by Gasteiger charge is 2.24. The Bertz CT molecular complexity index is 1430. The molecule has 3 aromatic rings. The van der Waals surface area contributed by atoms with Gasteiger partial charge in [0, 0.05) is 56.1 Å². The van der Waals surface area contributed by atoms with Crippen molar-refractivity contribution in [3.63, 3.8) is 0 Å². The Balaban J connectivity index is 1.37.